The van der Waals surface area contributed by atoms with Gasteiger partial charge in [-0.1, -0.05) is 43.5 Å². The summed E-state index contributed by atoms with van der Waals surface area (Å²) in [5, 5.41) is 2.74. The molecular weight excluding hydrogens is 300 g/mol. The van der Waals surface area contributed by atoms with E-state index in [1.165, 1.54) is 37.7 Å². The quantitative estimate of drug-likeness (QED) is 0.877. The van der Waals surface area contributed by atoms with E-state index in [1.807, 2.05) is 12.1 Å². The Hall–Kier alpha value is -2.36. The fourth-order valence-electron chi connectivity index (χ4n) is 3.20. The number of pyridine rings is 1. The van der Waals surface area contributed by atoms with Crippen LogP contribution in [0.5, 0.6) is 0 Å². The van der Waals surface area contributed by atoms with Gasteiger partial charge in [-0.15, -0.1) is 0 Å². The van der Waals surface area contributed by atoms with Crippen molar-refractivity contribution in [2.75, 3.05) is 0 Å². The second-order valence-corrected chi connectivity index (χ2v) is 6.36. The molecule has 1 saturated carbocycles. The third-order valence-electron chi connectivity index (χ3n) is 4.61. The van der Waals surface area contributed by atoms with Gasteiger partial charge in [0, 0.05) is 18.9 Å². The van der Waals surface area contributed by atoms with E-state index in [2.05, 4.69) is 34.6 Å². The Labute approximate surface area is 143 Å². The zero-order valence-electron chi connectivity index (χ0n) is 13.9. The fraction of sp³-hybridized carbons (Fsp3) is 0.400. The van der Waals surface area contributed by atoms with E-state index in [-0.39, 0.29) is 0 Å². The first-order chi connectivity index (χ1) is 11.8. The minimum atomic E-state index is -0.400. The Morgan fingerprint density at radius 3 is 2.42 bits per heavy atom. The summed E-state index contributed by atoms with van der Waals surface area (Å²) in [4.78, 5) is 15.7. The van der Waals surface area contributed by atoms with Crippen LogP contribution in [0, 0.1) is 0 Å². The lowest BCUT2D eigenvalue weighted by molar-refractivity contribution is 0.139. The number of rotatable bonds is 5. The average Bonchev–Trinajstić information content (AvgIpc) is 2.67. The van der Waals surface area contributed by atoms with E-state index in [0.717, 1.165) is 11.1 Å². The summed E-state index contributed by atoms with van der Waals surface area (Å²) in [6.45, 7) is 0.745. The van der Waals surface area contributed by atoms with Crippen LogP contribution in [0.1, 0.15) is 54.7 Å². The summed E-state index contributed by atoms with van der Waals surface area (Å²) >= 11 is 0. The molecule has 1 aromatic heterocycles. The number of benzene rings is 1. The first-order valence-corrected chi connectivity index (χ1v) is 8.69. The molecule has 24 heavy (non-hydrogen) atoms. The monoisotopic (exact) mass is 324 g/mol. The molecule has 2 aromatic rings. The van der Waals surface area contributed by atoms with Crippen molar-refractivity contribution >= 4 is 6.09 Å². The number of hydrogen-bond acceptors (Lipinski definition) is 3. The van der Waals surface area contributed by atoms with Crippen LogP contribution in [0.2, 0.25) is 0 Å². The Bertz CT molecular complexity index is 634. The highest BCUT2D eigenvalue weighted by Crippen LogP contribution is 2.32. The summed E-state index contributed by atoms with van der Waals surface area (Å²) in [5.74, 6) is 0.706. The van der Waals surface area contributed by atoms with E-state index in [0.29, 0.717) is 19.1 Å². The van der Waals surface area contributed by atoms with Gasteiger partial charge in [0.05, 0.1) is 0 Å². The van der Waals surface area contributed by atoms with E-state index < -0.39 is 6.09 Å². The third kappa shape index (κ3) is 4.82. The van der Waals surface area contributed by atoms with Crippen molar-refractivity contribution in [3.05, 3.63) is 65.5 Å². The molecule has 1 amide bonds. The molecule has 0 bridgehead atoms. The Morgan fingerprint density at radius 1 is 1.00 bits per heavy atom. The predicted molar refractivity (Wildman–Crippen MR) is 93.5 cm³/mol. The molecule has 1 N–H and O–H groups in total. The molecule has 1 aromatic carbocycles. The molecule has 0 spiro atoms. The lowest BCUT2D eigenvalue weighted by Crippen LogP contribution is -2.23. The van der Waals surface area contributed by atoms with Crippen molar-refractivity contribution < 1.29 is 9.53 Å². The van der Waals surface area contributed by atoms with Gasteiger partial charge in [-0.3, -0.25) is 4.98 Å². The number of carbonyl (C=O) groups excluding carboxylic acids is 1. The number of amides is 1. The van der Waals surface area contributed by atoms with Gasteiger partial charge in [0.15, 0.2) is 0 Å². The third-order valence-corrected chi connectivity index (χ3v) is 4.61. The van der Waals surface area contributed by atoms with Crippen molar-refractivity contribution in [2.45, 2.75) is 51.2 Å². The topological polar surface area (TPSA) is 51.2 Å². The molecule has 1 fully saturated rings. The second-order valence-electron chi connectivity index (χ2n) is 6.36. The van der Waals surface area contributed by atoms with E-state index >= 15 is 0 Å². The number of nitrogens with one attached hydrogen (secondary N) is 1. The van der Waals surface area contributed by atoms with Crippen LogP contribution in [0.15, 0.2) is 48.8 Å². The summed E-state index contributed by atoms with van der Waals surface area (Å²) in [6, 6.07) is 12.2. The van der Waals surface area contributed by atoms with Crippen LogP contribution >= 0.6 is 0 Å². The lowest BCUT2D eigenvalue weighted by Gasteiger charge is -2.22. The molecule has 0 atom stereocenters. The van der Waals surface area contributed by atoms with Crippen LogP contribution in [-0.2, 0) is 17.9 Å². The van der Waals surface area contributed by atoms with Gasteiger partial charge in [0.1, 0.15) is 6.61 Å². The molecule has 1 aliphatic carbocycles. The smallest absolute Gasteiger partial charge is 0.407 e. The van der Waals surface area contributed by atoms with Crippen molar-refractivity contribution in [1.82, 2.24) is 10.3 Å². The van der Waals surface area contributed by atoms with Crippen LogP contribution in [-0.4, -0.2) is 11.1 Å². The van der Waals surface area contributed by atoms with Gasteiger partial charge in [-0.2, -0.15) is 0 Å². The number of ether oxygens (including phenoxy) is 1. The Balaban J connectivity index is 1.43. The van der Waals surface area contributed by atoms with Crippen molar-refractivity contribution in [3.63, 3.8) is 0 Å². The molecule has 4 nitrogen and oxygen atoms in total. The zero-order valence-corrected chi connectivity index (χ0v) is 13.9. The fourth-order valence-corrected chi connectivity index (χ4v) is 3.20. The molecule has 0 saturated heterocycles. The summed E-state index contributed by atoms with van der Waals surface area (Å²) in [5.41, 5.74) is 3.44. The van der Waals surface area contributed by atoms with Gasteiger partial charge >= 0.3 is 6.09 Å². The minimum Gasteiger partial charge on any atom is -0.445 e. The van der Waals surface area contributed by atoms with Crippen molar-refractivity contribution in [1.29, 1.82) is 0 Å². The highest BCUT2D eigenvalue weighted by atomic mass is 16.5. The predicted octanol–water partition coefficient (Wildman–Crippen LogP) is 4.56. The standard InChI is InChI=1S/C20H24N2O2/c23-20(22-14-16-10-12-21-13-11-16)24-15-17-6-8-19(9-7-17)18-4-2-1-3-5-18/h6-13,18H,1-5,14-15H2,(H,22,23). The van der Waals surface area contributed by atoms with E-state index in [1.54, 1.807) is 12.4 Å². The molecule has 1 heterocycles. The number of alkyl carbamates (subject to hydrolysis) is 1. The molecule has 0 aliphatic heterocycles. The van der Waals surface area contributed by atoms with Gasteiger partial charge in [0.2, 0.25) is 0 Å². The summed E-state index contributed by atoms with van der Waals surface area (Å²) in [6.07, 6.45) is 9.66. The zero-order chi connectivity index (χ0) is 16.6. The maximum atomic E-state index is 11.8. The molecule has 0 radical (unpaired) electrons. The summed E-state index contributed by atoms with van der Waals surface area (Å²) < 4.78 is 5.27. The van der Waals surface area contributed by atoms with Crippen LogP contribution < -0.4 is 5.32 Å². The molecule has 126 valence electrons. The van der Waals surface area contributed by atoms with Gasteiger partial charge in [0.25, 0.3) is 0 Å². The van der Waals surface area contributed by atoms with Crippen LogP contribution in [0.25, 0.3) is 0 Å². The maximum absolute atomic E-state index is 11.8. The highest BCUT2D eigenvalue weighted by Gasteiger charge is 2.15. The van der Waals surface area contributed by atoms with Crippen molar-refractivity contribution in [2.24, 2.45) is 0 Å². The van der Waals surface area contributed by atoms with Gasteiger partial charge in [-0.05, 0) is 47.6 Å². The maximum Gasteiger partial charge on any atom is 0.407 e. The van der Waals surface area contributed by atoms with E-state index in [4.69, 9.17) is 4.74 Å². The molecule has 1 aliphatic rings. The van der Waals surface area contributed by atoms with Gasteiger partial charge in [-0.25, -0.2) is 4.79 Å². The minimum absolute atomic E-state index is 0.299. The number of carbonyl (C=O) groups is 1. The number of hydrogen-bond donors (Lipinski definition) is 1. The lowest BCUT2D eigenvalue weighted by atomic mass is 9.84. The average molecular weight is 324 g/mol. The first kappa shape index (κ1) is 16.5. The van der Waals surface area contributed by atoms with Gasteiger partial charge < -0.3 is 10.1 Å². The normalized spacial score (nSPS) is 15.0. The Morgan fingerprint density at radius 2 is 1.71 bits per heavy atom. The van der Waals surface area contributed by atoms with Crippen LogP contribution in [0.4, 0.5) is 4.79 Å². The second kappa shape index (κ2) is 8.48. The SMILES string of the molecule is O=C(NCc1ccncc1)OCc1ccc(C2CCCCC2)cc1. The highest BCUT2D eigenvalue weighted by molar-refractivity contribution is 5.67. The number of aromatic nitrogens is 1. The molecule has 4 heteroatoms. The molecular formula is C20H24N2O2. The molecule has 3 rings (SSSR count). The molecule has 0 unspecified atom stereocenters. The van der Waals surface area contributed by atoms with Crippen molar-refractivity contribution in [3.8, 4) is 0 Å². The first-order valence-electron chi connectivity index (χ1n) is 8.69. The van der Waals surface area contributed by atoms with E-state index in [9.17, 15) is 4.79 Å². The number of nitrogens with zero attached hydrogens (tertiary/aromatic N) is 1. The summed E-state index contributed by atoms with van der Waals surface area (Å²) in [7, 11) is 0. The Kier molecular flexibility index (Phi) is 5.83. The van der Waals surface area contributed by atoms with Crippen LogP contribution in [0.3, 0.4) is 0 Å². The largest absolute Gasteiger partial charge is 0.445 e.